The van der Waals surface area contributed by atoms with Crippen LogP contribution < -0.4 is 14.4 Å². The Balaban J connectivity index is 1.98. The molecule has 1 heterocycles. The Morgan fingerprint density at radius 3 is 2.47 bits per heavy atom. The molecule has 2 aromatic rings. The molecule has 0 spiro atoms. The largest absolute Gasteiger partial charge is 0.487 e. The average molecular weight is 490 g/mol. The van der Waals surface area contributed by atoms with Gasteiger partial charge in [-0.05, 0) is 31.4 Å². The van der Waals surface area contributed by atoms with Crippen LogP contribution in [0, 0.1) is 10.1 Å². The predicted octanol–water partition coefficient (Wildman–Crippen LogP) is 4.34. The van der Waals surface area contributed by atoms with E-state index in [1.807, 2.05) is 38.1 Å². The Labute approximate surface area is 200 Å². The molecule has 9 nitrogen and oxygen atoms in total. The molecule has 0 radical (unpaired) electrons. The number of carbonyl (C=O) groups excluding carboxylic acids is 1. The molecule has 0 unspecified atom stereocenters. The summed E-state index contributed by atoms with van der Waals surface area (Å²) in [6.45, 7) is 5.79. The fourth-order valence-corrected chi connectivity index (χ4v) is 5.71. The Morgan fingerprint density at radius 1 is 1.21 bits per heavy atom. The molecule has 184 valence electrons. The van der Waals surface area contributed by atoms with Gasteiger partial charge in [-0.15, -0.1) is 0 Å². The minimum absolute atomic E-state index is 0.0718. The van der Waals surface area contributed by atoms with Gasteiger partial charge in [0.25, 0.3) is 5.69 Å². The molecule has 0 aromatic heterocycles. The van der Waals surface area contributed by atoms with E-state index >= 15 is 0 Å². The Kier molecular flexibility index (Phi) is 7.50. The van der Waals surface area contributed by atoms with Crippen LogP contribution >= 0.6 is 0 Å². The molecule has 0 aliphatic carbocycles. The van der Waals surface area contributed by atoms with Crippen molar-refractivity contribution < 1.29 is 22.9 Å². The number of sulfonamides is 1. The summed E-state index contributed by atoms with van der Waals surface area (Å²) in [4.78, 5) is 24.2. The SMILES string of the molecule is CC[C@H](C(=O)N[C@@H]1CC(CC)(CC)Oc2ccccc21)N(c1cccc([N+](=O)[O-])c1)S(C)(=O)=O. The van der Waals surface area contributed by atoms with Gasteiger partial charge in [0.15, 0.2) is 0 Å². The molecule has 10 heteroatoms. The molecule has 2 aromatic carbocycles. The zero-order valence-electron chi connectivity index (χ0n) is 19.9. The highest BCUT2D eigenvalue weighted by atomic mass is 32.2. The van der Waals surface area contributed by atoms with E-state index in [4.69, 9.17) is 4.74 Å². The summed E-state index contributed by atoms with van der Waals surface area (Å²) in [5.41, 5.74) is 0.215. The molecule has 1 N–H and O–H groups in total. The summed E-state index contributed by atoms with van der Waals surface area (Å²) in [6, 6.07) is 11.4. The van der Waals surface area contributed by atoms with E-state index in [0.717, 1.165) is 29.0 Å². The minimum Gasteiger partial charge on any atom is -0.487 e. The van der Waals surface area contributed by atoms with Gasteiger partial charge in [-0.3, -0.25) is 19.2 Å². The second-order valence-electron chi connectivity index (χ2n) is 8.56. The molecule has 1 aliphatic rings. The van der Waals surface area contributed by atoms with Gasteiger partial charge in [0, 0.05) is 24.1 Å². The van der Waals surface area contributed by atoms with Gasteiger partial charge in [0.2, 0.25) is 15.9 Å². The number of anilines is 1. The first kappa shape index (κ1) is 25.5. The quantitative estimate of drug-likeness (QED) is 0.413. The fourth-order valence-electron chi connectivity index (χ4n) is 4.50. The average Bonchev–Trinajstić information content (AvgIpc) is 2.81. The zero-order chi connectivity index (χ0) is 25.1. The van der Waals surface area contributed by atoms with Gasteiger partial charge in [-0.25, -0.2) is 8.42 Å². The van der Waals surface area contributed by atoms with Crippen molar-refractivity contribution in [1.82, 2.24) is 5.32 Å². The van der Waals surface area contributed by atoms with Crippen molar-refractivity contribution >= 4 is 27.3 Å². The molecule has 0 fully saturated rings. The summed E-state index contributed by atoms with van der Waals surface area (Å²) in [5, 5.41) is 14.3. The predicted molar refractivity (Wildman–Crippen MR) is 130 cm³/mol. The third-order valence-electron chi connectivity index (χ3n) is 6.43. The van der Waals surface area contributed by atoms with E-state index in [9.17, 15) is 23.3 Å². The van der Waals surface area contributed by atoms with E-state index < -0.39 is 32.5 Å². The summed E-state index contributed by atoms with van der Waals surface area (Å²) in [6.07, 6.45) is 3.23. The highest BCUT2D eigenvalue weighted by Gasteiger charge is 2.40. The van der Waals surface area contributed by atoms with E-state index in [1.165, 1.54) is 24.3 Å². The summed E-state index contributed by atoms with van der Waals surface area (Å²) < 4.78 is 32.8. The van der Waals surface area contributed by atoms with Gasteiger partial charge in [-0.1, -0.05) is 45.0 Å². The number of nitro groups is 1. The number of hydrogen-bond acceptors (Lipinski definition) is 6. The maximum absolute atomic E-state index is 13.5. The van der Waals surface area contributed by atoms with Crippen molar-refractivity contribution in [2.24, 2.45) is 0 Å². The van der Waals surface area contributed by atoms with Crippen LogP contribution in [0.15, 0.2) is 48.5 Å². The molecular formula is C24H31N3O6S. The number of ether oxygens (including phenoxy) is 1. The van der Waals surface area contributed by atoms with E-state index in [0.29, 0.717) is 12.2 Å². The topological polar surface area (TPSA) is 119 Å². The van der Waals surface area contributed by atoms with Crippen LogP contribution in [-0.4, -0.2) is 37.1 Å². The monoisotopic (exact) mass is 489 g/mol. The number of benzene rings is 2. The van der Waals surface area contributed by atoms with Crippen LogP contribution in [0.3, 0.4) is 0 Å². The van der Waals surface area contributed by atoms with Crippen molar-refractivity contribution in [3.63, 3.8) is 0 Å². The van der Waals surface area contributed by atoms with Crippen LogP contribution in [-0.2, 0) is 14.8 Å². The van der Waals surface area contributed by atoms with E-state index in [2.05, 4.69) is 5.32 Å². The molecule has 3 rings (SSSR count). The van der Waals surface area contributed by atoms with E-state index in [1.54, 1.807) is 6.92 Å². The standard InChI is InChI=1S/C24H31N3O6S/c1-5-21(26(34(4,31)32)17-11-10-12-18(15-17)27(29)30)23(28)25-20-16-24(6-2,7-3)33-22-14-9-8-13-19(20)22/h8-15,20-21H,5-7,16H2,1-4H3,(H,25,28)/t20-,21-/m1/s1. The van der Waals surface area contributed by atoms with Crippen molar-refractivity contribution in [1.29, 1.82) is 0 Å². The van der Waals surface area contributed by atoms with Crippen LogP contribution in [0.5, 0.6) is 5.75 Å². The fraction of sp³-hybridized carbons (Fsp3) is 0.458. The zero-order valence-corrected chi connectivity index (χ0v) is 20.7. The number of amides is 1. The Morgan fingerprint density at radius 2 is 1.88 bits per heavy atom. The minimum atomic E-state index is -3.93. The third-order valence-corrected chi connectivity index (χ3v) is 7.61. The maximum atomic E-state index is 13.5. The van der Waals surface area contributed by atoms with E-state index in [-0.39, 0.29) is 23.8 Å². The lowest BCUT2D eigenvalue weighted by atomic mass is 9.83. The lowest BCUT2D eigenvalue weighted by Crippen LogP contribution is -2.52. The number of nitrogens with one attached hydrogen (secondary N) is 1. The molecule has 0 saturated heterocycles. The summed E-state index contributed by atoms with van der Waals surface area (Å²) in [7, 11) is -3.93. The number of hydrogen-bond donors (Lipinski definition) is 1. The normalized spacial score (nSPS) is 17.7. The number of nitrogens with zero attached hydrogens (tertiary/aromatic N) is 2. The summed E-state index contributed by atoms with van der Waals surface area (Å²) in [5.74, 6) is 0.233. The summed E-state index contributed by atoms with van der Waals surface area (Å²) >= 11 is 0. The van der Waals surface area contributed by atoms with Gasteiger partial charge in [0.1, 0.15) is 17.4 Å². The Hall–Kier alpha value is -3.14. The van der Waals surface area contributed by atoms with Gasteiger partial charge in [0.05, 0.1) is 22.9 Å². The molecule has 2 atom stereocenters. The van der Waals surface area contributed by atoms with Gasteiger partial charge in [-0.2, -0.15) is 0 Å². The lowest BCUT2D eigenvalue weighted by Gasteiger charge is -2.42. The smallest absolute Gasteiger partial charge is 0.271 e. The Bertz CT molecular complexity index is 1160. The van der Waals surface area contributed by atoms with Crippen LogP contribution in [0.2, 0.25) is 0 Å². The number of non-ortho nitro benzene ring substituents is 1. The first-order valence-electron chi connectivity index (χ1n) is 11.4. The van der Waals surface area contributed by atoms with Gasteiger partial charge >= 0.3 is 0 Å². The second-order valence-corrected chi connectivity index (χ2v) is 10.4. The van der Waals surface area contributed by atoms with Crippen molar-refractivity contribution in [2.45, 2.75) is 64.1 Å². The van der Waals surface area contributed by atoms with Crippen LogP contribution in [0.4, 0.5) is 11.4 Å². The number of fused-ring (bicyclic) bond motifs is 1. The van der Waals surface area contributed by atoms with Gasteiger partial charge < -0.3 is 10.1 Å². The first-order chi connectivity index (χ1) is 16.0. The van der Waals surface area contributed by atoms with Crippen LogP contribution in [0.25, 0.3) is 0 Å². The number of para-hydroxylation sites is 1. The molecule has 1 amide bonds. The third kappa shape index (κ3) is 5.16. The van der Waals surface area contributed by atoms with Crippen molar-refractivity contribution in [2.75, 3.05) is 10.6 Å². The molecule has 0 bridgehead atoms. The maximum Gasteiger partial charge on any atom is 0.271 e. The molecule has 0 saturated carbocycles. The lowest BCUT2D eigenvalue weighted by molar-refractivity contribution is -0.384. The van der Waals surface area contributed by atoms with Crippen LogP contribution in [0.1, 0.15) is 58.1 Å². The second kappa shape index (κ2) is 10.0. The van der Waals surface area contributed by atoms with Crippen molar-refractivity contribution in [3.05, 3.63) is 64.2 Å². The number of carbonyl (C=O) groups is 1. The number of nitro benzene ring substituents is 1. The number of rotatable bonds is 9. The molecule has 34 heavy (non-hydrogen) atoms. The molecule has 1 aliphatic heterocycles. The highest BCUT2D eigenvalue weighted by Crippen LogP contribution is 2.42. The molecular weight excluding hydrogens is 458 g/mol. The first-order valence-corrected chi connectivity index (χ1v) is 13.2. The van der Waals surface area contributed by atoms with Crippen molar-refractivity contribution in [3.8, 4) is 5.75 Å². The highest BCUT2D eigenvalue weighted by molar-refractivity contribution is 7.92.